The normalized spacial score (nSPS) is 14.6. The summed E-state index contributed by atoms with van der Waals surface area (Å²) in [5.74, 6) is -1.07. The molecular weight excluding hydrogens is 329 g/mol. The van der Waals surface area contributed by atoms with Gasteiger partial charge in [-0.25, -0.2) is 4.79 Å². The van der Waals surface area contributed by atoms with E-state index in [2.05, 4.69) is 5.32 Å². The Morgan fingerprint density at radius 2 is 2.00 bits per heavy atom. The van der Waals surface area contributed by atoms with Crippen molar-refractivity contribution < 1.29 is 23.7 Å². The van der Waals surface area contributed by atoms with Crippen molar-refractivity contribution in [1.29, 1.82) is 0 Å². The quantitative estimate of drug-likeness (QED) is 0.589. The van der Waals surface area contributed by atoms with Crippen molar-refractivity contribution in [1.82, 2.24) is 5.32 Å². The van der Waals surface area contributed by atoms with Gasteiger partial charge >= 0.3 is 6.09 Å². The topological polar surface area (TPSA) is 84.9 Å². The van der Waals surface area contributed by atoms with Crippen molar-refractivity contribution in [3.8, 4) is 0 Å². The highest BCUT2D eigenvalue weighted by Gasteiger charge is 2.31. The SMILES string of the molecule is CCCCP(=O)(OCC)C(O)CCNC(=O)OCc1ccccc1. The number of hydrogen-bond acceptors (Lipinski definition) is 5. The van der Waals surface area contributed by atoms with Crippen molar-refractivity contribution >= 4 is 13.5 Å². The van der Waals surface area contributed by atoms with Crippen LogP contribution in [0.15, 0.2) is 30.3 Å². The molecule has 1 aromatic carbocycles. The predicted molar refractivity (Wildman–Crippen MR) is 94.3 cm³/mol. The van der Waals surface area contributed by atoms with Crippen LogP contribution in [0.4, 0.5) is 4.79 Å². The predicted octanol–water partition coefficient (Wildman–Crippen LogP) is 3.74. The smallest absolute Gasteiger partial charge is 0.407 e. The van der Waals surface area contributed by atoms with E-state index in [0.717, 1.165) is 18.4 Å². The van der Waals surface area contributed by atoms with E-state index in [9.17, 15) is 14.5 Å². The van der Waals surface area contributed by atoms with Gasteiger partial charge in [0.25, 0.3) is 0 Å². The Morgan fingerprint density at radius 1 is 1.29 bits per heavy atom. The molecule has 0 spiro atoms. The first-order valence-corrected chi connectivity index (χ1v) is 10.3. The number of benzene rings is 1. The van der Waals surface area contributed by atoms with Crippen LogP contribution in [0.25, 0.3) is 0 Å². The lowest BCUT2D eigenvalue weighted by Gasteiger charge is -2.23. The molecule has 7 heteroatoms. The van der Waals surface area contributed by atoms with Crippen LogP contribution in [0.1, 0.15) is 38.7 Å². The molecule has 0 saturated carbocycles. The van der Waals surface area contributed by atoms with Crippen molar-refractivity contribution in [2.75, 3.05) is 19.3 Å². The van der Waals surface area contributed by atoms with Gasteiger partial charge in [0.05, 0.1) is 6.61 Å². The molecule has 0 heterocycles. The molecule has 1 rings (SSSR count). The standard InChI is InChI=1S/C17H28NO5P/c1-3-5-13-24(21,23-4-2)16(19)11-12-18-17(20)22-14-15-9-7-6-8-10-15/h6-10,16,19H,3-5,11-14H2,1-2H3,(H,18,20). The van der Waals surface area contributed by atoms with E-state index in [-0.39, 0.29) is 19.6 Å². The van der Waals surface area contributed by atoms with Crippen LogP contribution >= 0.6 is 7.37 Å². The summed E-state index contributed by atoms with van der Waals surface area (Å²) in [6.07, 6.45) is 1.58. The molecule has 2 unspecified atom stereocenters. The number of unbranched alkanes of at least 4 members (excludes halogenated alkanes) is 1. The van der Waals surface area contributed by atoms with Gasteiger partial charge in [0.1, 0.15) is 12.5 Å². The lowest BCUT2D eigenvalue weighted by molar-refractivity contribution is 0.137. The number of aliphatic hydroxyl groups is 1. The highest BCUT2D eigenvalue weighted by Crippen LogP contribution is 2.52. The fraction of sp³-hybridized carbons (Fsp3) is 0.588. The van der Waals surface area contributed by atoms with E-state index >= 15 is 0 Å². The van der Waals surface area contributed by atoms with Gasteiger partial charge in [-0.3, -0.25) is 4.57 Å². The minimum absolute atomic E-state index is 0.168. The number of nitrogens with one attached hydrogen (secondary N) is 1. The van der Waals surface area contributed by atoms with E-state index in [0.29, 0.717) is 12.8 Å². The van der Waals surface area contributed by atoms with E-state index in [1.54, 1.807) is 6.92 Å². The molecule has 6 nitrogen and oxygen atoms in total. The molecular formula is C17H28NO5P. The first-order chi connectivity index (χ1) is 11.5. The Labute approximate surface area is 144 Å². The molecule has 0 saturated heterocycles. The monoisotopic (exact) mass is 357 g/mol. The summed E-state index contributed by atoms with van der Waals surface area (Å²) in [5.41, 5.74) is 0.896. The first-order valence-electron chi connectivity index (χ1n) is 8.37. The van der Waals surface area contributed by atoms with Crippen LogP contribution in [0.5, 0.6) is 0 Å². The van der Waals surface area contributed by atoms with E-state index in [1.807, 2.05) is 37.3 Å². The number of carbonyl (C=O) groups excluding carboxylic acids is 1. The molecule has 0 aliphatic carbocycles. The number of amides is 1. The Kier molecular flexibility index (Phi) is 9.69. The molecule has 2 atom stereocenters. The van der Waals surface area contributed by atoms with Crippen LogP contribution in [0, 0.1) is 0 Å². The van der Waals surface area contributed by atoms with Gasteiger partial charge in [-0.15, -0.1) is 0 Å². The van der Waals surface area contributed by atoms with Crippen molar-refractivity contribution in [3.05, 3.63) is 35.9 Å². The average molecular weight is 357 g/mol. The van der Waals surface area contributed by atoms with Crippen molar-refractivity contribution in [2.45, 2.75) is 45.6 Å². The van der Waals surface area contributed by atoms with Gasteiger partial charge in [-0.2, -0.15) is 0 Å². The second-order valence-corrected chi connectivity index (χ2v) is 8.23. The maximum absolute atomic E-state index is 12.6. The van der Waals surface area contributed by atoms with Crippen LogP contribution in [-0.2, 0) is 20.4 Å². The van der Waals surface area contributed by atoms with Gasteiger partial charge in [0.15, 0.2) is 0 Å². The van der Waals surface area contributed by atoms with Gasteiger partial charge < -0.3 is 19.7 Å². The number of rotatable bonds is 11. The molecule has 0 aliphatic heterocycles. The minimum Gasteiger partial charge on any atom is -0.445 e. The highest BCUT2D eigenvalue weighted by atomic mass is 31.2. The zero-order valence-electron chi connectivity index (χ0n) is 14.4. The van der Waals surface area contributed by atoms with Gasteiger partial charge in [-0.1, -0.05) is 43.7 Å². The number of ether oxygens (including phenoxy) is 1. The van der Waals surface area contributed by atoms with Gasteiger partial charge in [0, 0.05) is 19.1 Å². The summed E-state index contributed by atoms with van der Waals surface area (Å²) in [7, 11) is -3.09. The molecule has 24 heavy (non-hydrogen) atoms. The summed E-state index contributed by atoms with van der Waals surface area (Å²) in [6, 6.07) is 9.36. The van der Waals surface area contributed by atoms with Gasteiger partial charge in [0.2, 0.25) is 7.37 Å². The summed E-state index contributed by atoms with van der Waals surface area (Å²) in [4.78, 5) is 11.6. The van der Waals surface area contributed by atoms with E-state index in [4.69, 9.17) is 9.26 Å². The zero-order valence-corrected chi connectivity index (χ0v) is 15.3. The van der Waals surface area contributed by atoms with Crippen LogP contribution in [-0.4, -0.2) is 36.4 Å². The fourth-order valence-corrected chi connectivity index (χ4v) is 4.49. The van der Waals surface area contributed by atoms with Crippen molar-refractivity contribution in [2.24, 2.45) is 0 Å². The first kappa shape index (κ1) is 20.7. The molecule has 0 aliphatic rings. The van der Waals surface area contributed by atoms with Crippen LogP contribution in [0.2, 0.25) is 0 Å². The lowest BCUT2D eigenvalue weighted by Crippen LogP contribution is -2.28. The number of aliphatic hydroxyl groups excluding tert-OH is 1. The summed E-state index contributed by atoms with van der Waals surface area (Å²) < 4.78 is 23.0. The highest BCUT2D eigenvalue weighted by molar-refractivity contribution is 7.59. The molecule has 0 fully saturated rings. The molecule has 136 valence electrons. The fourth-order valence-electron chi connectivity index (χ4n) is 2.17. The third-order valence-electron chi connectivity index (χ3n) is 3.51. The van der Waals surface area contributed by atoms with E-state index in [1.165, 1.54) is 0 Å². The lowest BCUT2D eigenvalue weighted by atomic mass is 10.2. The minimum atomic E-state index is -3.09. The van der Waals surface area contributed by atoms with Crippen LogP contribution < -0.4 is 5.32 Å². The third kappa shape index (κ3) is 7.47. The Hall–Kier alpha value is -1.36. The Morgan fingerprint density at radius 3 is 2.62 bits per heavy atom. The molecule has 2 N–H and O–H groups in total. The van der Waals surface area contributed by atoms with Gasteiger partial charge in [-0.05, 0) is 18.9 Å². The second-order valence-electron chi connectivity index (χ2n) is 5.48. The second kappa shape index (κ2) is 11.2. The molecule has 1 amide bonds. The molecule has 0 aromatic heterocycles. The maximum Gasteiger partial charge on any atom is 0.407 e. The number of hydrogen-bond donors (Lipinski definition) is 2. The number of alkyl carbamates (subject to hydrolysis) is 1. The third-order valence-corrected chi connectivity index (χ3v) is 6.31. The zero-order chi connectivity index (χ0) is 17.8. The van der Waals surface area contributed by atoms with Crippen molar-refractivity contribution in [3.63, 3.8) is 0 Å². The maximum atomic E-state index is 12.6. The molecule has 0 radical (unpaired) electrons. The molecule has 0 bridgehead atoms. The number of carbonyl (C=O) groups is 1. The largest absolute Gasteiger partial charge is 0.445 e. The Balaban J connectivity index is 2.33. The molecule has 1 aromatic rings. The Bertz CT molecular complexity index is 523. The van der Waals surface area contributed by atoms with Crippen LogP contribution in [0.3, 0.4) is 0 Å². The average Bonchev–Trinajstić information content (AvgIpc) is 2.59. The summed E-state index contributed by atoms with van der Waals surface area (Å²) in [5, 5.41) is 12.7. The summed E-state index contributed by atoms with van der Waals surface area (Å²) >= 11 is 0. The van der Waals surface area contributed by atoms with E-state index < -0.39 is 19.3 Å². The summed E-state index contributed by atoms with van der Waals surface area (Å²) in [6.45, 7) is 4.41.